The Bertz CT molecular complexity index is 1190. The number of thiazole rings is 1. The van der Waals surface area contributed by atoms with Crippen molar-refractivity contribution in [1.82, 2.24) is 14.7 Å². The molecule has 0 bridgehead atoms. The Labute approximate surface area is 202 Å². The highest BCUT2D eigenvalue weighted by Crippen LogP contribution is 2.32. The number of nitriles is 1. The number of carbonyl (C=O) groups excluding carboxylic acids is 1. The van der Waals surface area contributed by atoms with Crippen molar-refractivity contribution in [2.24, 2.45) is 0 Å². The molecular formula is C25H23N5OS2. The van der Waals surface area contributed by atoms with E-state index in [1.807, 2.05) is 62.6 Å². The average molecular weight is 474 g/mol. The lowest BCUT2D eigenvalue weighted by atomic mass is 10.2. The van der Waals surface area contributed by atoms with Crippen LogP contribution in [0.5, 0.6) is 0 Å². The van der Waals surface area contributed by atoms with E-state index in [2.05, 4.69) is 37.8 Å². The molecule has 0 spiro atoms. The van der Waals surface area contributed by atoms with E-state index >= 15 is 0 Å². The van der Waals surface area contributed by atoms with Crippen LogP contribution in [0, 0.1) is 18.3 Å². The number of aldehydes is 1. The lowest BCUT2D eigenvalue weighted by molar-refractivity contribution is 0.111. The zero-order valence-electron chi connectivity index (χ0n) is 18.3. The van der Waals surface area contributed by atoms with E-state index < -0.39 is 0 Å². The minimum atomic E-state index is 0.474. The first-order valence-electron chi connectivity index (χ1n) is 10.1. The molecule has 1 N–H and O–H groups in total. The summed E-state index contributed by atoms with van der Waals surface area (Å²) < 4.78 is 2.96. The van der Waals surface area contributed by atoms with Crippen molar-refractivity contribution in [1.29, 1.82) is 5.26 Å². The second-order valence-electron chi connectivity index (χ2n) is 6.78. The van der Waals surface area contributed by atoms with Gasteiger partial charge in [-0.25, -0.2) is 4.98 Å². The van der Waals surface area contributed by atoms with E-state index in [0.29, 0.717) is 17.8 Å². The number of hydrogen-bond acceptors (Lipinski definition) is 8. The smallest absolute Gasteiger partial charge is 0.191 e. The summed E-state index contributed by atoms with van der Waals surface area (Å²) in [7, 11) is 1.89. The number of pyridine rings is 1. The molecule has 2 aromatic carbocycles. The maximum Gasteiger partial charge on any atom is 0.191 e. The van der Waals surface area contributed by atoms with Gasteiger partial charge in [-0.3, -0.25) is 14.5 Å². The molecule has 4 rings (SSSR count). The molecule has 2 aromatic heterocycles. The normalized spacial score (nSPS) is 9.97. The molecule has 2 heterocycles. The Morgan fingerprint density at radius 2 is 1.88 bits per heavy atom. The standard InChI is InChI=1S/C19H15N3OS.C6H8N2S/c1-14-18(13-23)21-19(24-14)22(12-16-5-3-2-4-6-16)17-9-7-15(11-20)8-10-17;1-7-9-6-3-2-4-8-5-6/h2-10,13H,12H2,1H3;2-5,7H,1H3. The summed E-state index contributed by atoms with van der Waals surface area (Å²) in [6, 6.07) is 23.5. The third-order valence-electron chi connectivity index (χ3n) is 4.51. The summed E-state index contributed by atoms with van der Waals surface area (Å²) in [4.78, 5) is 23.6. The summed E-state index contributed by atoms with van der Waals surface area (Å²) in [5.41, 5.74) is 3.16. The molecule has 4 aromatic rings. The van der Waals surface area contributed by atoms with E-state index in [0.717, 1.165) is 32.4 Å². The third-order valence-corrected chi connectivity index (χ3v) is 6.20. The van der Waals surface area contributed by atoms with Crippen LogP contribution in [0.3, 0.4) is 0 Å². The highest BCUT2D eigenvalue weighted by molar-refractivity contribution is 7.97. The van der Waals surface area contributed by atoms with Crippen molar-refractivity contribution in [2.45, 2.75) is 18.4 Å². The van der Waals surface area contributed by atoms with Gasteiger partial charge in [-0.2, -0.15) is 5.26 Å². The van der Waals surface area contributed by atoms with Gasteiger partial charge < -0.3 is 4.90 Å². The van der Waals surface area contributed by atoms with Crippen molar-refractivity contribution in [3.63, 3.8) is 0 Å². The summed E-state index contributed by atoms with van der Waals surface area (Å²) in [6.45, 7) is 2.53. The van der Waals surface area contributed by atoms with E-state index in [4.69, 9.17) is 5.26 Å². The van der Waals surface area contributed by atoms with E-state index in [-0.39, 0.29) is 0 Å². The van der Waals surface area contributed by atoms with Gasteiger partial charge in [0.1, 0.15) is 5.69 Å². The zero-order valence-corrected chi connectivity index (χ0v) is 19.9. The van der Waals surface area contributed by atoms with Crippen LogP contribution in [0.1, 0.15) is 26.5 Å². The summed E-state index contributed by atoms with van der Waals surface area (Å²) in [6.07, 6.45) is 4.37. The predicted octanol–water partition coefficient (Wildman–Crippen LogP) is 5.78. The van der Waals surface area contributed by atoms with Crippen molar-refractivity contribution in [2.75, 3.05) is 11.9 Å². The molecule has 0 saturated heterocycles. The first-order valence-corrected chi connectivity index (χ1v) is 11.8. The van der Waals surface area contributed by atoms with Crippen LogP contribution in [-0.2, 0) is 6.54 Å². The van der Waals surface area contributed by atoms with E-state index in [1.54, 1.807) is 30.3 Å². The van der Waals surface area contributed by atoms with Crippen molar-refractivity contribution in [3.05, 3.63) is 101 Å². The Morgan fingerprint density at radius 1 is 1.12 bits per heavy atom. The monoisotopic (exact) mass is 473 g/mol. The van der Waals surface area contributed by atoms with Crippen molar-refractivity contribution < 1.29 is 4.79 Å². The molecule has 33 heavy (non-hydrogen) atoms. The fourth-order valence-electron chi connectivity index (χ4n) is 2.90. The lowest BCUT2D eigenvalue weighted by Crippen LogP contribution is -2.16. The molecule has 0 aliphatic heterocycles. The summed E-state index contributed by atoms with van der Waals surface area (Å²) in [5.74, 6) is 0. The van der Waals surface area contributed by atoms with Crippen LogP contribution < -0.4 is 9.62 Å². The Balaban J connectivity index is 0.000000286. The Kier molecular flexibility index (Phi) is 9.15. The minimum Gasteiger partial charge on any atom is -0.313 e. The van der Waals surface area contributed by atoms with Crippen LogP contribution >= 0.6 is 23.3 Å². The van der Waals surface area contributed by atoms with E-state index in [9.17, 15) is 4.79 Å². The maximum atomic E-state index is 11.1. The number of anilines is 2. The molecular weight excluding hydrogens is 450 g/mol. The highest BCUT2D eigenvalue weighted by atomic mass is 32.2. The van der Waals surface area contributed by atoms with Crippen LogP contribution in [0.4, 0.5) is 10.8 Å². The summed E-state index contributed by atoms with van der Waals surface area (Å²) >= 11 is 3.05. The van der Waals surface area contributed by atoms with Gasteiger partial charge in [0.05, 0.1) is 18.2 Å². The largest absolute Gasteiger partial charge is 0.313 e. The maximum absolute atomic E-state index is 11.1. The predicted molar refractivity (Wildman–Crippen MR) is 135 cm³/mol. The number of carbonyl (C=O) groups is 1. The average Bonchev–Trinajstić information content (AvgIpc) is 3.25. The van der Waals surface area contributed by atoms with Crippen molar-refractivity contribution >= 4 is 40.4 Å². The molecule has 0 radical (unpaired) electrons. The second kappa shape index (κ2) is 12.5. The molecule has 0 saturated carbocycles. The fourth-order valence-corrected chi connectivity index (χ4v) is 4.29. The highest BCUT2D eigenvalue weighted by Gasteiger charge is 2.16. The minimum absolute atomic E-state index is 0.474. The third kappa shape index (κ3) is 6.99. The number of aromatic nitrogens is 2. The van der Waals surface area contributed by atoms with E-state index in [1.165, 1.54) is 11.3 Å². The van der Waals surface area contributed by atoms with Gasteiger partial charge in [-0.1, -0.05) is 30.3 Å². The number of aryl methyl sites for hydroxylation is 1. The molecule has 0 aliphatic carbocycles. The Hall–Kier alpha value is -3.51. The lowest BCUT2D eigenvalue weighted by Gasteiger charge is -2.22. The quantitative estimate of drug-likeness (QED) is 0.269. The van der Waals surface area contributed by atoms with Gasteiger partial charge >= 0.3 is 0 Å². The molecule has 8 heteroatoms. The molecule has 0 atom stereocenters. The molecule has 0 amide bonds. The molecule has 6 nitrogen and oxygen atoms in total. The Morgan fingerprint density at radius 3 is 2.45 bits per heavy atom. The fraction of sp³-hybridized carbons (Fsp3) is 0.120. The number of hydrogen-bond donors (Lipinski definition) is 1. The van der Waals surface area contributed by atoms with Crippen LogP contribution in [-0.4, -0.2) is 23.3 Å². The SMILES string of the molecule is CNSc1cccnc1.Cc1sc(N(Cc2ccccc2)c2ccc(C#N)cc2)nc1C=O. The van der Waals surface area contributed by atoms with Crippen LogP contribution in [0.2, 0.25) is 0 Å². The van der Waals surface area contributed by atoms with Crippen LogP contribution in [0.15, 0.2) is 84.0 Å². The zero-order chi connectivity index (χ0) is 23.5. The molecule has 0 fully saturated rings. The number of nitrogens with zero attached hydrogens (tertiary/aromatic N) is 4. The number of rotatable bonds is 7. The van der Waals surface area contributed by atoms with Gasteiger partial charge in [-0.15, -0.1) is 11.3 Å². The number of nitrogens with one attached hydrogen (secondary N) is 1. The summed E-state index contributed by atoms with van der Waals surface area (Å²) in [5, 5.41) is 9.75. The number of benzene rings is 2. The first kappa shape index (κ1) is 24.1. The van der Waals surface area contributed by atoms with Crippen molar-refractivity contribution in [3.8, 4) is 6.07 Å². The van der Waals surface area contributed by atoms with Gasteiger partial charge in [0.2, 0.25) is 0 Å². The molecule has 166 valence electrons. The molecule has 0 unspecified atom stereocenters. The first-order chi connectivity index (χ1) is 16.1. The van der Waals surface area contributed by atoms with Gasteiger partial charge in [0.25, 0.3) is 0 Å². The van der Waals surface area contributed by atoms with Gasteiger partial charge in [0, 0.05) is 27.9 Å². The molecule has 0 aliphatic rings. The van der Waals surface area contributed by atoms with Crippen LogP contribution in [0.25, 0.3) is 0 Å². The van der Waals surface area contributed by atoms with Gasteiger partial charge in [0.15, 0.2) is 11.4 Å². The topological polar surface area (TPSA) is 81.9 Å². The second-order valence-corrected chi connectivity index (χ2v) is 9.05. The van der Waals surface area contributed by atoms with Gasteiger partial charge in [-0.05, 0) is 67.9 Å².